The van der Waals surface area contributed by atoms with Gasteiger partial charge in [0.1, 0.15) is 5.82 Å². The van der Waals surface area contributed by atoms with Crippen molar-refractivity contribution < 1.29 is 4.39 Å². The summed E-state index contributed by atoms with van der Waals surface area (Å²) in [4.78, 5) is 0. The van der Waals surface area contributed by atoms with Crippen molar-refractivity contribution >= 4 is 35.2 Å². The number of rotatable bonds is 1. The highest BCUT2D eigenvalue weighted by Gasteiger charge is 2.12. The van der Waals surface area contributed by atoms with Crippen LogP contribution in [0, 0.1) is 9.77 Å². The van der Waals surface area contributed by atoms with Crippen LogP contribution in [0.15, 0.2) is 18.2 Å². The van der Waals surface area contributed by atoms with Crippen LogP contribution in [-0.2, 0) is 0 Å². The van der Waals surface area contributed by atoms with Gasteiger partial charge in [-0.3, -0.25) is 5.10 Å². The average molecular weight is 247 g/mol. The van der Waals surface area contributed by atoms with Crippen LogP contribution in [0.4, 0.5) is 4.39 Å². The van der Waals surface area contributed by atoms with Gasteiger partial charge in [-0.15, -0.1) is 0 Å². The molecule has 0 saturated carbocycles. The van der Waals surface area contributed by atoms with Gasteiger partial charge in [0.15, 0.2) is 8.96 Å². The van der Waals surface area contributed by atoms with Crippen molar-refractivity contribution in [2.45, 2.75) is 0 Å². The molecule has 2 rings (SSSR count). The van der Waals surface area contributed by atoms with Crippen molar-refractivity contribution in [3.05, 3.63) is 33.0 Å². The standard InChI is InChI=1S/C8H4ClFN2S2/c9-4-2-1-3-5(10)6(4)7-11-12-8(13)14-7/h1-3H,(H,12,13). The third-order valence-electron chi connectivity index (χ3n) is 1.61. The number of aromatic amines is 1. The molecule has 14 heavy (non-hydrogen) atoms. The van der Waals surface area contributed by atoms with E-state index in [9.17, 15) is 4.39 Å². The smallest absolute Gasteiger partial charge is 0.176 e. The number of halogens is 2. The first-order chi connectivity index (χ1) is 6.68. The molecule has 0 radical (unpaired) electrons. The van der Waals surface area contributed by atoms with Crippen molar-refractivity contribution in [3.63, 3.8) is 0 Å². The predicted molar refractivity (Wildman–Crippen MR) is 57.7 cm³/mol. The van der Waals surface area contributed by atoms with E-state index >= 15 is 0 Å². The molecule has 6 heteroatoms. The minimum atomic E-state index is -0.393. The SMILES string of the molecule is Fc1cccc(Cl)c1-c1n[nH]c(=S)s1. The van der Waals surface area contributed by atoms with Gasteiger partial charge in [-0.25, -0.2) is 4.39 Å². The molecule has 72 valence electrons. The highest BCUT2D eigenvalue weighted by atomic mass is 35.5. The molecular formula is C8H4ClFN2S2. The summed E-state index contributed by atoms with van der Waals surface area (Å²) >= 11 is 11.9. The molecule has 0 aliphatic heterocycles. The predicted octanol–water partition coefficient (Wildman–Crippen LogP) is 3.66. The van der Waals surface area contributed by atoms with E-state index in [4.69, 9.17) is 23.8 Å². The summed E-state index contributed by atoms with van der Waals surface area (Å²) in [5, 5.41) is 7.26. The Morgan fingerprint density at radius 2 is 2.29 bits per heavy atom. The van der Waals surface area contributed by atoms with Gasteiger partial charge in [0.2, 0.25) is 0 Å². The fourth-order valence-electron chi connectivity index (χ4n) is 1.04. The summed E-state index contributed by atoms with van der Waals surface area (Å²) in [6, 6.07) is 4.50. The third-order valence-corrected chi connectivity index (χ3v) is 3.04. The van der Waals surface area contributed by atoms with Crippen LogP contribution in [-0.4, -0.2) is 10.2 Å². The maximum atomic E-state index is 13.4. The highest BCUT2D eigenvalue weighted by molar-refractivity contribution is 7.73. The molecule has 0 bridgehead atoms. The number of hydrogen-bond donors (Lipinski definition) is 1. The monoisotopic (exact) mass is 246 g/mol. The van der Waals surface area contributed by atoms with Crippen LogP contribution < -0.4 is 0 Å². The lowest BCUT2D eigenvalue weighted by atomic mass is 10.2. The van der Waals surface area contributed by atoms with Crippen LogP contribution in [0.1, 0.15) is 0 Å². The molecule has 0 amide bonds. The number of aromatic nitrogens is 2. The van der Waals surface area contributed by atoms with Crippen molar-refractivity contribution in [1.82, 2.24) is 10.2 Å². The zero-order chi connectivity index (χ0) is 10.1. The lowest BCUT2D eigenvalue weighted by molar-refractivity contribution is 0.631. The lowest BCUT2D eigenvalue weighted by Crippen LogP contribution is -1.84. The topological polar surface area (TPSA) is 28.7 Å². The van der Waals surface area contributed by atoms with E-state index in [1.807, 2.05) is 0 Å². The first-order valence-electron chi connectivity index (χ1n) is 3.68. The van der Waals surface area contributed by atoms with Crippen molar-refractivity contribution in [3.8, 4) is 10.6 Å². The molecule has 0 atom stereocenters. The first kappa shape index (κ1) is 9.76. The Hall–Kier alpha value is -0.780. The van der Waals surface area contributed by atoms with E-state index in [0.717, 1.165) is 0 Å². The third kappa shape index (κ3) is 1.70. The van der Waals surface area contributed by atoms with Crippen molar-refractivity contribution in [2.75, 3.05) is 0 Å². The van der Waals surface area contributed by atoms with Crippen LogP contribution in [0.3, 0.4) is 0 Å². The summed E-state index contributed by atoms with van der Waals surface area (Å²) < 4.78 is 13.9. The summed E-state index contributed by atoms with van der Waals surface area (Å²) in [6.07, 6.45) is 0. The van der Waals surface area contributed by atoms with Gasteiger partial charge in [-0.2, -0.15) is 5.10 Å². The van der Waals surface area contributed by atoms with Crippen LogP contribution in [0.5, 0.6) is 0 Å². The second kappa shape index (κ2) is 3.76. The fourth-order valence-corrected chi connectivity index (χ4v) is 2.30. The second-order valence-corrected chi connectivity index (χ2v) is 4.59. The fraction of sp³-hybridized carbons (Fsp3) is 0. The van der Waals surface area contributed by atoms with Crippen LogP contribution in [0.2, 0.25) is 5.02 Å². The van der Waals surface area contributed by atoms with Gasteiger partial charge in [-0.1, -0.05) is 29.0 Å². The zero-order valence-corrected chi connectivity index (χ0v) is 9.14. The summed E-state index contributed by atoms with van der Waals surface area (Å²) in [7, 11) is 0. The van der Waals surface area contributed by atoms with Gasteiger partial charge < -0.3 is 0 Å². The van der Waals surface area contributed by atoms with Gasteiger partial charge in [0, 0.05) is 0 Å². The van der Waals surface area contributed by atoms with E-state index in [2.05, 4.69) is 10.2 Å². The minimum Gasteiger partial charge on any atom is -0.258 e. The number of benzene rings is 1. The molecule has 0 aliphatic carbocycles. The van der Waals surface area contributed by atoms with Crippen molar-refractivity contribution in [1.29, 1.82) is 0 Å². The van der Waals surface area contributed by atoms with Crippen molar-refractivity contribution in [2.24, 2.45) is 0 Å². The molecule has 2 aromatic rings. The van der Waals surface area contributed by atoms with E-state index in [0.29, 0.717) is 19.5 Å². The Labute approximate surface area is 93.4 Å². The molecule has 0 unspecified atom stereocenters. The molecule has 1 heterocycles. The second-order valence-electron chi connectivity index (χ2n) is 2.51. The minimum absolute atomic E-state index is 0.298. The number of nitrogens with one attached hydrogen (secondary N) is 1. The Balaban J connectivity index is 2.67. The number of H-pyrrole nitrogens is 1. The molecule has 1 aromatic heterocycles. The van der Waals surface area contributed by atoms with E-state index in [1.165, 1.54) is 17.4 Å². The Bertz CT molecular complexity index is 500. The summed E-state index contributed by atoms with van der Waals surface area (Å²) in [5.41, 5.74) is 0.298. The quantitative estimate of drug-likeness (QED) is 0.778. The molecule has 0 fully saturated rings. The maximum absolute atomic E-state index is 13.4. The lowest BCUT2D eigenvalue weighted by Gasteiger charge is -1.99. The van der Waals surface area contributed by atoms with E-state index < -0.39 is 5.82 Å². The van der Waals surface area contributed by atoms with Gasteiger partial charge >= 0.3 is 0 Å². The highest BCUT2D eigenvalue weighted by Crippen LogP contribution is 2.31. The Morgan fingerprint density at radius 1 is 1.50 bits per heavy atom. The van der Waals surface area contributed by atoms with Crippen LogP contribution >= 0.6 is 35.2 Å². The number of hydrogen-bond acceptors (Lipinski definition) is 3. The number of nitrogens with zero attached hydrogens (tertiary/aromatic N) is 1. The van der Waals surface area contributed by atoms with Gasteiger partial charge in [0.25, 0.3) is 0 Å². The molecule has 2 nitrogen and oxygen atoms in total. The Kier molecular flexibility index (Phi) is 2.62. The largest absolute Gasteiger partial charge is 0.258 e. The summed E-state index contributed by atoms with van der Waals surface area (Å²) in [6.45, 7) is 0. The van der Waals surface area contributed by atoms with Crippen LogP contribution in [0.25, 0.3) is 10.6 Å². The molecule has 0 saturated heterocycles. The molecule has 0 spiro atoms. The molecular weight excluding hydrogens is 243 g/mol. The summed E-state index contributed by atoms with van der Waals surface area (Å²) in [5.74, 6) is -0.393. The van der Waals surface area contributed by atoms with Gasteiger partial charge in [0.05, 0.1) is 10.6 Å². The Morgan fingerprint density at radius 3 is 2.86 bits per heavy atom. The molecule has 0 aliphatic rings. The van der Waals surface area contributed by atoms with E-state index in [1.54, 1.807) is 12.1 Å². The molecule has 1 aromatic carbocycles. The maximum Gasteiger partial charge on any atom is 0.176 e. The normalized spacial score (nSPS) is 10.4. The average Bonchev–Trinajstić information content (AvgIpc) is 2.51. The van der Waals surface area contributed by atoms with Gasteiger partial charge in [-0.05, 0) is 24.4 Å². The molecule has 1 N–H and O–H groups in total. The zero-order valence-electron chi connectivity index (χ0n) is 6.75. The van der Waals surface area contributed by atoms with E-state index in [-0.39, 0.29) is 0 Å². The first-order valence-corrected chi connectivity index (χ1v) is 5.28.